The van der Waals surface area contributed by atoms with Gasteiger partial charge in [-0.3, -0.25) is 0 Å². The van der Waals surface area contributed by atoms with Crippen LogP contribution in [0.25, 0.3) is 0 Å². The lowest BCUT2D eigenvalue weighted by Crippen LogP contribution is -2.07. The third kappa shape index (κ3) is 2.05. The van der Waals surface area contributed by atoms with Crippen LogP contribution in [-0.4, -0.2) is 6.21 Å². The lowest BCUT2D eigenvalue weighted by Gasteiger charge is -2.10. The highest BCUT2D eigenvalue weighted by molar-refractivity contribution is 5.70. The Morgan fingerprint density at radius 1 is 1.55 bits per heavy atom. The summed E-state index contributed by atoms with van der Waals surface area (Å²) in [5.74, 6) is 0. The van der Waals surface area contributed by atoms with E-state index < -0.39 is 0 Å². The monoisotopic (exact) mass is 146 g/mol. The minimum absolute atomic E-state index is 0.0326. The standard InChI is InChI=1S/C9H10N2/c1-9(2)5-3-4-8(6-10)11-7-9/h3-5,7H,1-2H3. The van der Waals surface area contributed by atoms with Crippen molar-refractivity contribution in [3.63, 3.8) is 0 Å². The second-order valence-electron chi connectivity index (χ2n) is 3.10. The first-order chi connectivity index (χ1) is 5.14. The fraction of sp³-hybridized carbons (Fsp3) is 0.333. The molecule has 0 aromatic carbocycles. The summed E-state index contributed by atoms with van der Waals surface area (Å²) in [5, 5.41) is 8.52. The van der Waals surface area contributed by atoms with Gasteiger partial charge in [-0.1, -0.05) is 26.0 Å². The van der Waals surface area contributed by atoms with Crippen molar-refractivity contribution in [3.05, 3.63) is 23.9 Å². The normalized spacial score (nSPS) is 20.3. The summed E-state index contributed by atoms with van der Waals surface area (Å²) in [6, 6.07) is 1.99. The Hall–Kier alpha value is -1.36. The molecule has 0 amide bonds. The van der Waals surface area contributed by atoms with Gasteiger partial charge in [0.15, 0.2) is 0 Å². The van der Waals surface area contributed by atoms with Crippen LogP contribution >= 0.6 is 0 Å². The highest BCUT2D eigenvalue weighted by atomic mass is 14.7. The molecule has 11 heavy (non-hydrogen) atoms. The minimum atomic E-state index is -0.0326. The minimum Gasteiger partial charge on any atom is -0.249 e. The molecule has 1 heterocycles. The fourth-order valence-corrected chi connectivity index (χ4v) is 0.775. The number of hydrogen-bond donors (Lipinski definition) is 0. The SMILES string of the molecule is CC1(C)C=CC=C(C#N)N=C1. The number of rotatable bonds is 0. The molecule has 0 fully saturated rings. The lowest BCUT2D eigenvalue weighted by atomic mass is 9.95. The zero-order valence-electron chi connectivity index (χ0n) is 6.70. The van der Waals surface area contributed by atoms with Crippen LogP contribution in [0.1, 0.15) is 13.8 Å². The zero-order valence-corrected chi connectivity index (χ0v) is 6.70. The summed E-state index contributed by atoms with van der Waals surface area (Å²) in [5.41, 5.74) is 0.432. The smallest absolute Gasteiger partial charge is 0.140 e. The first kappa shape index (κ1) is 7.74. The van der Waals surface area contributed by atoms with Crippen LogP contribution in [-0.2, 0) is 0 Å². The van der Waals surface area contributed by atoms with E-state index in [1.54, 1.807) is 12.3 Å². The van der Waals surface area contributed by atoms with Crippen LogP contribution in [0.3, 0.4) is 0 Å². The van der Waals surface area contributed by atoms with Gasteiger partial charge in [-0.15, -0.1) is 0 Å². The first-order valence-electron chi connectivity index (χ1n) is 3.49. The van der Waals surface area contributed by atoms with Gasteiger partial charge in [-0.2, -0.15) is 5.26 Å². The number of nitriles is 1. The Kier molecular flexibility index (Phi) is 1.91. The summed E-state index contributed by atoms with van der Waals surface area (Å²) in [7, 11) is 0. The Morgan fingerprint density at radius 2 is 2.27 bits per heavy atom. The Labute approximate surface area is 66.6 Å². The van der Waals surface area contributed by atoms with E-state index in [-0.39, 0.29) is 5.41 Å². The summed E-state index contributed by atoms with van der Waals surface area (Å²) in [4.78, 5) is 4.01. The maximum Gasteiger partial charge on any atom is 0.140 e. The van der Waals surface area contributed by atoms with E-state index in [4.69, 9.17) is 5.26 Å². The van der Waals surface area contributed by atoms with Gasteiger partial charge in [0.2, 0.25) is 0 Å². The Bertz CT molecular complexity index is 274. The molecule has 0 bridgehead atoms. The molecule has 0 saturated heterocycles. The molecule has 1 rings (SSSR count). The Balaban J connectivity index is 2.94. The van der Waals surface area contributed by atoms with Crippen LogP contribution in [0.2, 0.25) is 0 Å². The molecular weight excluding hydrogens is 136 g/mol. The largest absolute Gasteiger partial charge is 0.249 e. The average Bonchev–Trinajstić information content (AvgIpc) is 2.10. The van der Waals surface area contributed by atoms with Crippen molar-refractivity contribution in [2.24, 2.45) is 10.4 Å². The summed E-state index contributed by atoms with van der Waals surface area (Å²) in [6.07, 6.45) is 7.38. The maximum absolute atomic E-state index is 8.52. The second kappa shape index (κ2) is 2.71. The first-order valence-corrected chi connectivity index (χ1v) is 3.49. The van der Waals surface area contributed by atoms with Crippen molar-refractivity contribution >= 4 is 6.21 Å². The third-order valence-corrected chi connectivity index (χ3v) is 1.43. The van der Waals surface area contributed by atoms with E-state index in [0.717, 1.165) is 0 Å². The van der Waals surface area contributed by atoms with Gasteiger partial charge in [0, 0.05) is 11.6 Å². The van der Waals surface area contributed by atoms with Crippen molar-refractivity contribution in [2.75, 3.05) is 0 Å². The van der Waals surface area contributed by atoms with Gasteiger partial charge < -0.3 is 0 Å². The number of aliphatic imine (C=N–C) groups is 1. The van der Waals surface area contributed by atoms with Crippen LogP contribution in [0, 0.1) is 16.7 Å². The predicted octanol–water partition coefficient (Wildman–Crippen LogP) is 2.06. The second-order valence-corrected chi connectivity index (χ2v) is 3.10. The quantitative estimate of drug-likeness (QED) is 0.515. The molecule has 0 radical (unpaired) electrons. The van der Waals surface area contributed by atoms with E-state index in [1.807, 2.05) is 32.1 Å². The number of allylic oxidation sites excluding steroid dienone is 4. The molecule has 1 aliphatic rings. The van der Waals surface area contributed by atoms with E-state index in [2.05, 4.69) is 4.99 Å². The summed E-state index contributed by atoms with van der Waals surface area (Å²) in [6.45, 7) is 4.09. The molecule has 0 saturated carbocycles. The van der Waals surface area contributed by atoms with E-state index in [0.29, 0.717) is 5.70 Å². The average molecular weight is 146 g/mol. The van der Waals surface area contributed by atoms with Gasteiger partial charge in [-0.05, 0) is 6.08 Å². The summed E-state index contributed by atoms with van der Waals surface area (Å²) < 4.78 is 0. The molecule has 2 nitrogen and oxygen atoms in total. The molecular formula is C9H10N2. The van der Waals surface area contributed by atoms with Crippen molar-refractivity contribution in [3.8, 4) is 6.07 Å². The van der Waals surface area contributed by atoms with Crippen molar-refractivity contribution in [1.82, 2.24) is 0 Å². The van der Waals surface area contributed by atoms with Crippen LogP contribution in [0.4, 0.5) is 0 Å². The van der Waals surface area contributed by atoms with Gasteiger partial charge in [0.1, 0.15) is 11.8 Å². The lowest BCUT2D eigenvalue weighted by molar-refractivity contribution is 0.695. The molecule has 0 aromatic rings. The molecule has 56 valence electrons. The molecule has 0 atom stereocenters. The van der Waals surface area contributed by atoms with Crippen LogP contribution in [0.5, 0.6) is 0 Å². The molecule has 0 unspecified atom stereocenters. The van der Waals surface area contributed by atoms with Gasteiger partial charge >= 0.3 is 0 Å². The summed E-state index contributed by atoms with van der Waals surface area (Å²) >= 11 is 0. The number of nitrogens with zero attached hydrogens (tertiary/aromatic N) is 2. The number of hydrogen-bond acceptors (Lipinski definition) is 2. The van der Waals surface area contributed by atoms with Crippen molar-refractivity contribution in [1.29, 1.82) is 5.26 Å². The molecule has 2 heteroatoms. The van der Waals surface area contributed by atoms with Gasteiger partial charge in [0.25, 0.3) is 0 Å². The third-order valence-electron chi connectivity index (χ3n) is 1.43. The van der Waals surface area contributed by atoms with E-state index in [9.17, 15) is 0 Å². The highest BCUT2D eigenvalue weighted by Gasteiger charge is 2.11. The van der Waals surface area contributed by atoms with Crippen molar-refractivity contribution in [2.45, 2.75) is 13.8 Å². The molecule has 0 spiro atoms. The maximum atomic E-state index is 8.52. The fourth-order valence-electron chi connectivity index (χ4n) is 0.775. The predicted molar refractivity (Wildman–Crippen MR) is 45.1 cm³/mol. The zero-order chi connectivity index (χ0) is 8.32. The molecule has 0 aliphatic carbocycles. The van der Waals surface area contributed by atoms with Gasteiger partial charge in [-0.25, -0.2) is 4.99 Å². The Morgan fingerprint density at radius 3 is 2.91 bits per heavy atom. The highest BCUT2D eigenvalue weighted by Crippen LogP contribution is 2.17. The molecule has 0 aromatic heterocycles. The topological polar surface area (TPSA) is 36.1 Å². The molecule has 1 aliphatic heterocycles. The van der Waals surface area contributed by atoms with E-state index in [1.165, 1.54) is 0 Å². The molecule has 0 N–H and O–H groups in total. The van der Waals surface area contributed by atoms with Crippen LogP contribution in [0.15, 0.2) is 28.9 Å². The van der Waals surface area contributed by atoms with Crippen molar-refractivity contribution < 1.29 is 0 Å². The van der Waals surface area contributed by atoms with E-state index >= 15 is 0 Å². The van der Waals surface area contributed by atoms with Crippen LogP contribution < -0.4 is 0 Å². The van der Waals surface area contributed by atoms with Gasteiger partial charge in [0.05, 0.1) is 0 Å².